The summed E-state index contributed by atoms with van der Waals surface area (Å²) in [6.45, 7) is 8.15. The minimum atomic E-state index is -0.295. The molecule has 0 spiro atoms. The predicted molar refractivity (Wildman–Crippen MR) is 112 cm³/mol. The van der Waals surface area contributed by atoms with Crippen LogP contribution < -0.4 is 0 Å². The maximum atomic E-state index is 12.9. The van der Waals surface area contributed by atoms with Crippen molar-refractivity contribution in [3.05, 3.63) is 75.9 Å². The van der Waals surface area contributed by atoms with E-state index < -0.39 is 0 Å². The van der Waals surface area contributed by atoms with Crippen LogP contribution in [0.15, 0.2) is 53.6 Å². The lowest BCUT2D eigenvalue weighted by molar-refractivity contribution is 0.0990. The molecule has 2 aromatic rings. The van der Waals surface area contributed by atoms with Crippen molar-refractivity contribution in [2.45, 2.75) is 47.0 Å². The third kappa shape index (κ3) is 6.02. The number of benzene rings is 2. The van der Waals surface area contributed by atoms with Crippen LogP contribution in [0.25, 0.3) is 0 Å². The second kappa shape index (κ2) is 9.27. The largest absolute Gasteiger partial charge is 0.508 e. The molecule has 0 heterocycles. The molecule has 0 atom stereocenters. The fourth-order valence-corrected chi connectivity index (χ4v) is 2.87. The molecule has 0 amide bonds. The van der Waals surface area contributed by atoms with Crippen LogP contribution in [0.5, 0.6) is 17.2 Å². The highest BCUT2D eigenvalue weighted by atomic mass is 16.3. The standard InChI is InChI=1S/C24H28O4/c1-15(2)5-7-17-9-18(8-6-16(3)4)11-19(10-17)22(26)14-21-23(27)12-20(25)13-24(21)28/h5-6,9-13,25,27-28H,7-8,14H2,1-4H3. The Morgan fingerprint density at radius 2 is 1.25 bits per heavy atom. The van der Waals surface area contributed by atoms with E-state index in [0.717, 1.165) is 36.1 Å². The molecule has 2 aromatic carbocycles. The number of phenols is 3. The predicted octanol–water partition coefficient (Wildman–Crippen LogP) is 5.25. The molecule has 148 valence electrons. The van der Waals surface area contributed by atoms with E-state index in [1.165, 1.54) is 11.1 Å². The van der Waals surface area contributed by atoms with Crippen molar-refractivity contribution < 1.29 is 20.1 Å². The molecule has 2 rings (SSSR count). The molecule has 4 nitrogen and oxygen atoms in total. The number of carbonyl (C=O) groups excluding carboxylic acids is 1. The maximum absolute atomic E-state index is 12.9. The highest BCUT2D eigenvalue weighted by Gasteiger charge is 2.16. The zero-order valence-electron chi connectivity index (χ0n) is 16.9. The van der Waals surface area contributed by atoms with Crippen molar-refractivity contribution in [1.29, 1.82) is 0 Å². The SMILES string of the molecule is CC(C)=CCc1cc(CC=C(C)C)cc(C(=O)Cc2c(O)cc(O)cc2O)c1. The van der Waals surface area contributed by atoms with Gasteiger partial charge in [0, 0.05) is 29.7 Å². The molecule has 0 bridgehead atoms. The molecule has 0 fully saturated rings. The molecule has 3 N–H and O–H groups in total. The topological polar surface area (TPSA) is 77.8 Å². The van der Waals surface area contributed by atoms with E-state index in [0.29, 0.717) is 5.56 Å². The van der Waals surface area contributed by atoms with Gasteiger partial charge in [-0.25, -0.2) is 0 Å². The summed E-state index contributed by atoms with van der Waals surface area (Å²) in [5.74, 6) is -1.04. The number of rotatable bonds is 7. The van der Waals surface area contributed by atoms with Crippen molar-refractivity contribution in [2.24, 2.45) is 0 Å². The molecule has 0 saturated carbocycles. The van der Waals surface area contributed by atoms with E-state index in [1.54, 1.807) is 0 Å². The second-order valence-corrected chi connectivity index (χ2v) is 7.57. The van der Waals surface area contributed by atoms with Gasteiger partial charge >= 0.3 is 0 Å². The Hall–Kier alpha value is -3.01. The molecular formula is C24H28O4. The summed E-state index contributed by atoms with van der Waals surface area (Å²) in [6, 6.07) is 8.07. The molecular weight excluding hydrogens is 352 g/mol. The zero-order chi connectivity index (χ0) is 20.8. The first-order valence-electron chi connectivity index (χ1n) is 9.32. The van der Waals surface area contributed by atoms with E-state index in [1.807, 2.05) is 39.8 Å². The van der Waals surface area contributed by atoms with Crippen molar-refractivity contribution in [3.63, 3.8) is 0 Å². The van der Waals surface area contributed by atoms with Crippen molar-refractivity contribution in [3.8, 4) is 17.2 Å². The zero-order valence-corrected chi connectivity index (χ0v) is 16.9. The molecule has 0 aromatic heterocycles. The minimum absolute atomic E-state index is 0.114. The summed E-state index contributed by atoms with van der Waals surface area (Å²) >= 11 is 0. The number of carbonyl (C=O) groups is 1. The van der Waals surface area contributed by atoms with Crippen LogP contribution in [0.2, 0.25) is 0 Å². The minimum Gasteiger partial charge on any atom is -0.508 e. The molecule has 28 heavy (non-hydrogen) atoms. The van der Waals surface area contributed by atoms with Gasteiger partial charge in [-0.3, -0.25) is 4.79 Å². The first-order chi connectivity index (χ1) is 13.2. The average molecular weight is 380 g/mol. The van der Waals surface area contributed by atoms with Crippen molar-refractivity contribution in [1.82, 2.24) is 0 Å². The first kappa shape index (κ1) is 21.3. The highest BCUT2D eigenvalue weighted by molar-refractivity contribution is 5.98. The van der Waals surface area contributed by atoms with Gasteiger partial charge in [0.1, 0.15) is 17.2 Å². The van der Waals surface area contributed by atoms with Crippen molar-refractivity contribution in [2.75, 3.05) is 0 Å². The average Bonchev–Trinajstić information content (AvgIpc) is 2.60. The molecule has 0 aliphatic heterocycles. The molecule has 0 radical (unpaired) electrons. The molecule has 4 heteroatoms. The molecule has 0 aliphatic rings. The van der Waals surface area contributed by atoms with Crippen LogP contribution in [0.3, 0.4) is 0 Å². The normalized spacial score (nSPS) is 10.4. The number of allylic oxidation sites excluding steroid dienone is 4. The lowest BCUT2D eigenvalue weighted by atomic mass is 9.95. The fourth-order valence-electron chi connectivity index (χ4n) is 2.87. The Balaban J connectivity index is 2.37. The number of ketones is 1. The Labute approximate surface area is 166 Å². The van der Waals surface area contributed by atoms with Crippen molar-refractivity contribution >= 4 is 5.78 Å². The number of phenolic OH excluding ortho intramolecular Hbond substituents is 3. The Morgan fingerprint density at radius 1 is 0.786 bits per heavy atom. The molecule has 0 unspecified atom stereocenters. The molecule has 0 saturated heterocycles. The summed E-state index contributed by atoms with van der Waals surface area (Å²) in [6.07, 6.45) is 5.56. The van der Waals surface area contributed by atoms with Gasteiger partial charge in [0.2, 0.25) is 0 Å². The monoisotopic (exact) mass is 380 g/mol. The van der Waals surface area contributed by atoms with E-state index in [2.05, 4.69) is 18.2 Å². The van der Waals surface area contributed by atoms with Crippen LogP contribution in [0, 0.1) is 0 Å². The Morgan fingerprint density at radius 3 is 1.68 bits per heavy atom. The number of aromatic hydroxyl groups is 3. The lowest BCUT2D eigenvalue weighted by Crippen LogP contribution is -2.06. The summed E-state index contributed by atoms with van der Waals surface area (Å²) in [4.78, 5) is 12.9. The van der Waals surface area contributed by atoms with Gasteiger partial charge in [0.05, 0.1) is 0 Å². The summed E-state index contributed by atoms with van der Waals surface area (Å²) in [5, 5.41) is 29.4. The third-order valence-electron chi connectivity index (χ3n) is 4.39. The van der Waals surface area contributed by atoms with Gasteiger partial charge in [-0.2, -0.15) is 0 Å². The third-order valence-corrected chi connectivity index (χ3v) is 4.39. The Bertz CT molecular complexity index is 866. The van der Waals surface area contributed by atoms with E-state index in [-0.39, 0.29) is 35.0 Å². The van der Waals surface area contributed by atoms with Gasteiger partial charge in [-0.15, -0.1) is 0 Å². The number of hydrogen-bond acceptors (Lipinski definition) is 4. The number of hydrogen-bond donors (Lipinski definition) is 3. The van der Waals surface area contributed by atoms with Gasteiger partial charge in [0.15, 0.2) is 5.78 Å². The number of Topliss-reactive ketones (excluding diaryl/α,β-unsaturated/α-hetero) is 1. The summed E-state index contributed by atoms with van der Waals surface area (Å²) < 4.78 is 0. The van der Waals surface area contributed by atoms with Gasteiger partial charge in [0.25, 0.3) is 0 Å². The van der Waals surface area contributed by atoms with Gasteiger partial charge < -0.3 is 15.3 Å². The smallest absolute Gasteiger partial charge is 0.167 e. The maximum Gasteiger partial charge on any atom is 0.167 e. The van der Waals surface area contributed by atoms with E-state index in [4.69, 9.17) is 0 Å². The Kier molecular flexibility index (Phi) is 7.05. The van der Waals surface area contributed by atoms with E-state index >= 15 is 0 Å². The van der Waals surface area contributed by atoms with Crippen LogP contribution in [-0.4, -0.2) is 21.1 Å². The first-order valence-corrected chi connectivity index (χ1v) is 9.32. The fraction of sp³-hybridized carbons (Fsp3) is 0.292. The molecule has 0 aliphatic carbocycles. The van der Waals surface area contributed by atoms with Crippen LogP contribution in [0.4, 0.5) is 0 Å². The quantitative estimate of drug-likeness (QED) is 0.453. The summed E-state index contributed by atoms with van der Waals surface area (Å²) in [7, 11) is 0. The van der Waals surface area contributed by atoms with Crippen LogP contribution in [-0.2, 0) is 19.3 Å². The summed E-state index contributed by atoms with van der Waals surface area (Å²) in [5.41, 5.74) is 5.17. The lowest BCUT2D eigenvalue weighted by Gasteiger charge is -2.10. The van der Waals surface area contributed by atoms with Crippen LogP contribution >= 0.6 is 0 Å². The second-order valence-electron chi connectivity index (χ2n) is 7.57. The van der Waals surface area contributed by atoms with Gasteiger partial charge in [-0.05, 0) is 63.8 Å². The van der Waals surface area contributed by atoms with E-state index in [9.17, 15) is 20.1 Å². The van der Waals surface area contributed by atoms with Gasteiger partial charge in [-0.1, -0.05) is 29.4 Å². The van der Waals surface area contributed by atoms with Crippen LogP contribution in [0.1, 0.15) is 54.7 Å². The highest BCUT2D eigenvalue weighted by Crippen LogP contribution is 2.33.